The summed E-state index contributed by atoms with van der Waals surface area (Å²) in [7, 11) is 0. The minimum absolute atomic E-state index is 0.130. The molecule has 2 aromatic carbocycles. The van der Waals surface area contributed by atoms with Crippen LogP contribution in [0.3, 0.4) is 0 Å². The number of benzene rings is 2. The molecule has 7 heteroatoms. The third-order valence-electron chi connectivity index (χ3n) is 4.09. The topological polar surface area (TPSA) is 98.6 Å². The zero-order valence-electron chi connectivity index (χ0n) is 12.9. The number of allylic oxidation sites excluding steroid dienone is 1. The molecule has 0 atom stereocenters. The molecule has 25 heavy (non-hydrogen) atoms. The fourth-order valence-corrected chi connectivity index (χ4v) is 2.95. The van der Waals surface area contributed by atoms with E-state index >= 15 is 0 Å². The zero-order valence-corrected chi connectivity index (χ0v) is 12.9. The molecule has 0 radical (unpaired) electrons. The van der Waals surface area contributed by atoms with E-state index < -0.39 is 0 Å². The summed E-state index contributed by atoms with van der Waals surface area (Å²) in [6, 6.07) is 18.2. The van der Waals surface area contributed by atoms with E-state index in [1.54, 1.807) is 28.9 Å². The van der Waals surface area contributed by atoms with Gasteiger partial charge in [-0.05, 0) is 18.2 Å². The van der Waals surface area contributed by atoms with Crippen LogP contribution >= 0.6 is 0 Å². The molecular formula is C18H10N6O. The predicted molar refractivity (Wildman–Crippen MR) is 89.6 cm³/mol. The van der Waals surface area contributed by atoms with E-state index in [1.165, 1.54) is 4.90 Å². The van der Waals surface area contributed by atoms with Crippen LogP contribution in [0.15, 0.2) is 54.1 Å². The van der Waals surface area contributed by atoms with Crippen LogP contribution in [0.4, 0.5) is 5.69 Å². The summed E-state index contributed by atoms with van der Waals surface area (Å²) in [5.41, 5.74) is 2.69. The van der Waals surface area contributed by atoms with Crippen molar-refractivity contribution in [3.05, 3.63) is 59.7 Å². The van der Waals surface area contributed by atoms with Gasteiger partial charge >= 0.3 is 0 Å². The fraction of sp³-hybridized carbons (Fsp3) is 0.0556. The number of nitriles is 2. The number of anilines is 1. The van der Waals surface area contributed by atoms with Crippen molar-refractivity contribution in [1.29, 1.82) is 10.5 Å². The molecule has 0 fully saturated rings. The Labute approximate surface area is 142 Å². The molecule has 0 N–H and O–H groups in total. The van der Waals surface area contributed by atoms with Gasteiger partial charge in [0.25, 0.3) is 5.91 Å². The molecule has 3 aromatic rings. The minimum Gasteiger partial charge on any atom is -0.287 e. The molecule has 0 aliphatic carbocycles. The van der Waals surface area contributed by atoms with Crippen molar-refractivity contribution >= 4 is 28.2 Å². The van der Waals surface area contributed by atoms with E-state index in [0.29, 0.717) is 11.3 Å². The van der Waals surface area contributed by atoms with E-state index in [2.05, 4.69) is 10.3 Å². The van der Waals surface area contributed by atoms with Crippen molar-refractivity contribution in [2.75, 3.05) is 4.90 Å². The van der Waals surface area contributed by atoms with E-state index in [0.717, 1.165) is 11.0 Å². The van der Waals surface area contributed by atoms with Crippen molar-refractivity contribution < 1.29 is 4.79 Å². The van der Waals surface area contributed by atoms with E-state index in [-0.39, 0.29) is 23.7 Å². The molecule has 0 saturated carbocycles. The molecule has 0 unspecified atom stereocenters. The fourth-order valence-electron chi connectivity index (χ4n) is 2.95. The maximum absolute atomic E-state index is 12.9. The average molecular weight is 326 g/mol. The minimum atomic E-state index is -0.390. The highest BCUT2D eigenvalue weighted by atomic mass is 16.2. The van der Waals surface area contributed by atoms with Gasteiger partial charge in [0.2, 0.25) is 0 Å². The Morgan fingerprint density at radius 2 is 1.76 bits per heavy atom. The molecule has 1 amide bonds. The molecular weight excluding hydrogens is 316 g/mol. The number of fused-ring (bicyclic) bond motifs is 2. The van der Waals surface area contributed by atoms with Crippen molar-refractivity contribution in [2.45, 2.75) is 6.67 Å². The van der Waals surface area contributed by atoms with Gasteiger partial charge in [-0.1, -0.05) is 35.5 Å². The first-order chi connectivity index (χ1) is 12.2. The van der Waals surface area contributed by atoms with Gasteiger partial charge in [-0.15, -0.1) is 5.10 Å². The Hall–Kier alpha value is -3.97. The number of aromatic nitrogens is 3. The second-order valence-electron chi connectivity index (χ2n) is 5.44. The average Bonchev–Trinajstić information content (AvgIpc) is 3.18. The highest BCUT2D eigenvalue weighted by Crippen LogP contribution is 2.38. The summed E-state index contributed by atoms with van der Waals surface area (Å²) in [5, 5.41) is 26.6. The molecule has 7 nitrogen and oxygen atoms in total. The summed E-state index contributed by atoms with van der Waals surface area (Å²) in [6.07, 6.45) is 0. The van der Waals surface area contributed by atoms with Crippen LogP contribution in [-0.2, 0) is 11.5 Å². The molecule has 118 valence electrons. The van der Waals surface area contributed by atoms with Crippen LogP contribution in [0.5, 0.6) is 0 Å². The van der Waals surface area contributed by atoms with E-state index in [4.69, 9.17) is 0 Å². The van der Waals surface area contributed by atoms with Gasteiger partial charge in [-0.25, -0.2) is 4.68 Å². The normalized spacial score (nSPS) is 12.8. The summed E-state index contributed by atoms with van der Waals surface area (Å²) in [6.45, 7) is 0.143. The highest BCUT2D eigenvalue weighted by molar-refractivity contribution is 6.34. The van der Waals surface area contributed by atoms with Gasteiger partial charge in [0.05, 0.1) is 16.8 Å². The lowest BCUT2D eigenvalue weighted by Gasteiger charge is -2.17. The Morgan fingerprint density at radius 3 is 2.56 bits per heavy atom. The van der Waals surface area contributed by atoms with Crippen LogP contribution in [0, 0.1) is 22.7 Å². The van der Waals surface area contributed by atoms with Crippen molar-refractivity contribution in [3.63, 3.8) is 0 Å². The maximum Gasteiger partial charge on any atom is 0.262 e. The molecule has 0 bridgehead atoms. The smallest absolute Gasteiger partial charge is 0.262 e. The first kappa shape index (κ1) is 14.6. The van der Waals surface area contributed by atoms with Crippen LogP contribution < -0.4 is 4.90 Å². The summed E-state index contributed by atoms with van der Waals surface area (Å²) >= 11 is 0. The molecule has 4 rings (SSSR count). The molecule has 0 saturated heterocycles. The van der Waals surface area contributed by atoms with Gasteiger partial charge < -0.3 is 0 Å². The van der Waals surface area contributed by atoms with E-state index in [9.17, 15) is 15.3 Å². The lowest BCUT2D eigenvalue weighted by molar-refractivity contribution is -0.113. The zero-order chi connectivity index (χ0) is 17.4. The standard InChI is InChI=1S/C18H10N6O/c19-9-12(10-20)17-13-5-1-3-7-15(13)23(18(17)25)11-24-16-8-4-2-6-14(16)21-22-24/h1-8H,11H2. The number of para-hydroxylation sites is 2. The summed E-state index contributed by atoms with van der Waals surface area (Å²) < 4.78 is 1.62. The van der Waals surface area contributed by atoms with Gasteiger partial charge in [-0.3, -0.25) is 9.69 Å². The number of amides is 1. The molecule has 0 spiro atoms. The number of hydrogen-bond donors (Lipinski definition) is 0. The molecule has 1 aliphatic heterocycles. The van der Waals surface area contributed by atoms with Crippen LogP contribution in [0.2, 0.25) is 0 Å². The third kappa shape index (κ3) is 2.15. The van der Waals surface area contributed by atoms with Crippen LogP contribution in [0.25, 0.3) is 16.6 Å². The van der Waals surface area contributed by atoms with Crippen molar-refractivity contribution in [1.82, 2.24) is 15.0 Å². The Balaban J connectivity index is 1.84. The number of hydrogen-bond acceptors (Lipinski definition) is 5. The molecule has 1 aliphatic rings. The maximum atomic E-state index is 12.9. The second kappa shape index (κ2) is 5.59. The Morgan fingerprint density at radius 1 is 1.04 bits per heavy atom. The van der Waals surface area contributed by atoms with Crippen LogP contribution in [0.1, 0.15) is 5.56 Å². The number of carbonyl (C=O) groups is 1. The lowest BCUT2D eigenvalue weighted by Crippen LogP contribution is -2.29. The largest absolute Gasteiger partial charge is 0.287 e. The number of rotatable bonds is 2. The SMILES string of the molecule is N#CC(C#N)=C1C(=O)N(Cn2nnc3ccccc32)c2ccccc21. The Kier molecular flexibility index (Phi) is 3.27. The monoisotopic (exact) mass is 326 g/mol. The second-order valence-corrected chi connectivity index (χ2v) is 5.44. The van der Waals surface area contributed by atoms with Crippen molar-refractivity contribution in [3.8, 4) is 12.1 Å². The first-order valence-corrected chi connectivity index (χ1v) is 7.48. The Bertz CT molecular complexity index is 1110. The lowest BCUT2D eigenvalue weighted by atomic mass is 10.0. The van der Waals surface area contributed by atoms with Gasteiger partial charge in [0, 0.05) is 5.56 Å². The predicted octanol–water partition coefficient (Wildman–Crippen LogP) is 2.24. The van der Waals surface area contributed by atoms with Crippen LogP contribution in [-0.4, -0.2) is 20.9 Å². The van der Waals surface area contributed by atoms with Gasteiger partial charge in [0.15, 0.2) is 0 Å². The summed E-state index contributed by atoms with van der Waals surface area (Å²) in [4.78, 5) is 14.4. The van der Waals surface area contributed by atoms with E-state index in [1.807, 2.05) is 36.4 Å². The van der Waals surface area contributed by atoms with Gasteiger partial charge in [0.1, 0.15) is 29.9 Å². The third-order valence-corrected chi connectivity index (χ3v) is 4.09. The molecule has 2 heterocycles. The quantitative estimate of drug-likeness (QED) is 0.531. The van der Waals surface area contributed by atoms with Crippen molar-refractivity contribution in [2.24, 2.45) is 0 Å². The highest BCUT2D eigenvalue weighted by Gasteiger charge is 2.35. The summed E-state index contributed by atoms with van der Waals surface area (Å²) in [5.74, 6) is -0.390. The number of nitrogens with zero attached hydrogens (tertiary/aromatic N) is 6. The number of carbonyl (C=O) groups excluding carboxylic acids is 1. The van der Waals surface area contributed by atoms with Gasteiger partial charge in [-0.2, -0.15) is 10.5 Å². The molecule has 1 aromatic heterocycles. The first-order valence-electron chi connectivity index (χ1n) is 7.48.